The van der Waals surface area contributed by atoms with Gasteiger partial charge in [-0.25, -0.2) is 0 Å². The summed E-state index contributed by atoms with van der Waals surface area (Å²) in [6.45, 7) is 0.714. The first kappa shape index (κ1) is 21.7. The molecule has 2 aromatic rings. The molecule has 0 bridgehead atoms. The van der Waals surface area contributed by atoms with Crippen LogP contribution < -0.4 is 14.8 Å². The highest BCUT2D eigenvalue weighted by atomic mass is 35.5. The number of carbonyl (C=O) groups is 2. The van der Waals surface area contributed by atoms with Crippen molar-refractivity contribution in [3.05, 3.63) is 58.7 Å². The number of benzene rings is 2. The molecule has 0 aliphatic carbocycles. The summed E-state index contributed by atoms with van der Waals surface area (Å²) < 4.78 is 15.6. The first-order chi connectivity index (χ1) is 14.5. The predicted molar refractivity (Wildman–Crippen MR) is 115 cm³/mol. The Balaban J connectivity index is 2.00. The molecule has 0 fully saturated rings. The van der Waals surface area contributed by atoms with Gasteiger partial charge in [0.1, 0.15) is 5.70 Å². The molecule has 0 radical (unpaired) electrons. The van der Waals surface area contributed by atoms with Crippen LogP contribution in [0.4, 0.5) is 5.69 Å². The number of anilines is 1. The van der Waals surface area contributed by atoms with Crippen molar-refractivity contribution in [2.45, 2.75) is 6.42 Å². The molecule has 3 rings (SSSR count). The lowest BCUT2D eigenvalue weighted by molar-refractivity contribution is -0.136. The summed E-state index contributed by atoms with van der Waals surface area (Å²) in [5, 5.41) is 3.64. The first-order valence-electron chi connectivity index (χ1n) is 9.34. The van der Waals surface area contributed by atoms with Crippen molar-refractivity contribution >= 4 is 34.7 Å². The van der Waals surface area contributed by atoms with Crippen molar-refractivity contribution in [3.63, 3.8) is 0 Å². The number of halogens is 1. The molecule has 158 valence electrons. The van der Waals surface area contributed by atoms with Gasteiger partial charge in [0.05, 0.1) is 19.8 Å². The number of carbonyl (C=O) groups excluding carboxylic acids is 2. The number of methoxy groups -OCH3 is 3. The number of imide groups is 1. The van der Waals surface area contributed by atoms with Crippen LogP contribution in [0.25, 0.3) is 5.57 Å². The van der Waals surface area contributed by atoms with E-state index < -0.39 is 5.91 Å². The predicted octanol–water partition coefficient (Wildman–Crippen LogP) is 3.59. The normalized spacial score (nSPS) is 13.8. The van der Waals surface area contributed by atoms with Gasteiger partial charge in [-0.3, -0.25) is 14.5 Å². The first-order valence-corrected chi connectivity index (χ1v) is 9.72. The molecule has 8 heteroatoms. The maximum Gasteiger partial charge on any atom is 0.278 e. The monoisotopic (exact) mass is 430 g/mol. The number of hydrogen-bond donors (Lipinski definition) is 1. The van der Waals surface area contributed by atoms with Crippen molar-refractivity contribution in [1.82, 2.24) is 4.90 Å². The molecule has 1 aliphatic heterocycles. The molecule has 2 amide bonds. The van der Waals surface area contributed by atoms with Gasteiger partial charge in [0, 0.05) is 37.0 Å². The van der Waals surface area contributed by atoms with E-state index in [-0.39, 0.29) is 18.1 Å². The van der Waals surface area contributed by atoms with Gasteiger partial charge in [0.15, 0.2) is 11.5 Å². The van der Waals surface area contributed by atoms with Crippen LogP contribution in [0.1, 0.15) is 12.0 Å². The van der Waals surface area contributed by atoms with Crippen LogP contribution in [0.3, 0.4) is 0 Å². The summed E-state index contributed by atoms with van der Waals surface area (Å²) in [4.78, 5) is 27.4. The Morgan fingerprint density at radius 1 is 0.933 bits per heavy atom. The number of nitrogens with one attached hydrogen (secondary N) is 1. The molecule has 0 spiro atoms. The maximum atomic E-state index is 13.1. The molecule has 0 aromatic heterocycles. The van der Waals surface area contributed by atoms with Crippen molar-refractivity contribution < 1.29 is 23.8 Å². The molecule has 0 unspecified atom stereocenters. The average Bonchev–Trinajstić information content (AvgIpc) is 2.98. The molecule has 0 atom stereocenters. The van der Waals surface area contributed by atoms with Gasteiger partial charge in [-0.15, -0.1) is 0 Å². The topological polar surface area (TPSA) is 77.1 Å². The lowest BCUT2D eigenvalue weighted by Crippen LogP contribution is -2.33. The van der Waals surface area contributed by atoms with Crippen molar-refractivity contribution in [3.8, 4) is 11.5 Å². The van der Waals surface area contributed by atoms with Crippen LogP contribution in [0, 0.1) is 0 Å². The Kier molecular flexibility index (Phi) is 6.97. The largest absolute Gasteiger partial charge is 0.493 e. The molecular weight excluding hydrogens is 408 g/mol. The summed E-state index contributed by atoms with van der Waals surface area (Å²) >= 11 is 5.99. The summed E-state index contributed by atoms with van der Waals surface area (Å²) in [5.74, 6) is 0.312. The third kappa shape index (κ3) is 4.42. The standard InChI is InChI=1S/C22H23ClN2O5/c1-28-12-4-11-25-21(26)19(14-5-7-15(23)8-6-14)20(22(25)27)24-16-9-10-17(29-2)18(13-16)30-3/h5-10,13,24H,4,11-12H2,1-3H3. The Morgan fingerprint density at radius 2 is 1.63 bits per heavy atom. The minimum Gasteiger partial charge on any atom is -0.493 e. The van der Waals surface area contributed by atoms with E-state index in [1.165, 1.54) is 12.0 Å². The van der Waals surface area contributed by atoms with Crippen molar-refractivity contribution in [1.29, 1.82) is 0 Å². The van der Waals surface area contributed by atoms with E-state index in [1.54, 1.807) is 56.7 Å². The molecule has 30 heavy (non-hydrogen) atoms. The molecule has 1 heterocycles. The number of hydrogen-bond acceptors (Lipinski definition) is 6. The van der Waals surface area contributed by atoms with Crippen molar-refractivity contribution in [2.75, 3.05) is 39.8 Å². The summed E-state index contributed by atoms with van der Waals surface area (Å²) in [7, 11) is 4.65. The molecule has 1 N–H and O–H groups in total. The Bertz CT molecular complexity index is 972. The van der Waals surface area contributed by atoms with Crippen LogP contribution in [0.15, 0.2) is 48.2 Å². The minimum absolute atomic E-state index is 0.201. The molecule has 2 aromatic carbocycles. The molecular formula is C22H23ClN2O5. The van der Waals surface area contributed by atoms with Gasteiger partial charge in [0.2, 0.25) is 0 Å². The van der Waals surface area contributed by atoms with Crippen LogP contribution in [-0.2, 0) is 14.3 Å². The average molecular weight is 431 g/mol. The lowest BCUT2D eigenvalue weighted by Gasteiger charge is -2.15. The van der Waals surface area contributed by atoms with Gasteiger partial charge in [-0.2, -0.15) is 0 Å². The van der Waals surface area contributed by atoms with Crippen LogP contribution >= 0.6 is 11.6 Å². The van der Waals surface area contributed by atoms with E-state index in [2.05, 4.69) is 5.32 Å². The Morgan fingerprint density at radius 3 is 2.27 bits per heavy atom. The fourth-order valence-corrected chi connectivity index (χ4v) is 3.33. The van der Waals surface area contributed by atoms with Crippen LogP contribution in [0.2, 0.25) is 5.02 Å². The third-order valence-electron chi connectivity index (χ3n) is 4.68. The second-order valence-corrected chi connectivity index (χ2v) is 7.00. The van der Waals surface area contributed by atoms with E-state index in [0.29, 0.717) is 46.4 Å². The van der Waals surface area contributed by atoms with E-state index >= 15 is 0 Å². The fraction of sp³-hybridized carbons (Fsp3) is 0.273. The van der Waals surface area contributed by atoms with E-state index in [0.717, 1.165) is 0 Å². The maximum absolute atomic E-state index is 13.1. The Hall–Kier alpha value is -3.03. The third-order valence-corrected chi connectivity index (χ3v) is 4.94. The summed E-state index contributed by atoms with van der Waals surface area (Å²) in [5.41, 5.74) is 1.69. The minimum atomic E-state index is -0.393. The van der Waals surface area contributed by atoms with E-state index in [9.17, 15) is 9.59 Å². The quantitative estimate of drug-likeness (QED) is 0.484. The van der Waals surface area contributed by atoms with Gasteiger partial charge in [-0.1, -0.05) is 23.7 Å². The SMILES string of the molecule is COCCCN1C(=O)C(Nc2ccc(OC)c(OC)c2)=C(c2ccc(Cl)cc2)C1=O. The number of amides is 2. The van der Waals surface area contributed by atoms with Crippen molar-refractivity contribution in [2.24, 2.45) is 0 Å². The highest BCUT2D eigenvalue weighted by molar-refractivity contribution is 6.36. The van der Waals surface area contributed by atoms with Crippen LogP contribution in [-0.4, -0.2) is 51.2 Å². The van der Waals surface area contributed by atoms with E-state index in [4.69, 9.17) is 25.8 Å². The smallest absolute Gasteiger partial charge is 0.278 e. The zero-order valence-corrected chi connectivity index (χ0v) is 17.8. The molecule has 0 saturated carbocycles. The zero-order valence-electron chi connectivity index (χ0n) is 17.0. The zero-order chi connectivity index (χ0) is 21.7. The second-order valence-electron chi connectivity index (χ2n) is 6.56. The van der Waals surface area contributed by atoms with E-state index in [1.807, 2.05) is 0 Å². The van der Waals surface area contributed by atoms with Gasteiger partial charge >= 0.3 is 0 Å². The summed E-state index contributed by atoms with van der Waals surface area (Å²) in [6, 6.07) is 12.0. The van der Waals surface area contributed by atoms with Gasteiger partial charge < -0.3 is 19.5 Å². The number of ether oxygens (including phenoxy) is 3. The summed E-state index contributed by atoms with van der Waals surface area (Å²) in [6.07, 6.45) is 0.547. The Labute approximate surface area is 180 Å². The fourth-order valence-electron chi connectivity index (χ4n) is 3.20. The van der Waals surface area contributed by atoms with Gasteiger partial charge in [-0.05, 0) is 36.2 Å². The number of nitrogens with zero attached hydrogens (tertiary/aromatic N) is 1. The molecule has 0 saturated heterocycles. The highest BCUT2D eigenvalue weighted by Crippen LogP contribution is 2.34. The highest BCUT2D eigenvalue weighted by Gasteiger charge is 2.38. The molecule has 7 nitrogen and oxygen atoms in total. The second kappa shape index (κ2) is 9.65. The lowest BCUT2D eigenvalue weighted by atomic mass is 10.0. The van der Waals surface area contributed by atoms with Crippen LogP contribution in [0.5, 0.6) is 11.5 Å². The molecule has 1 aliphatic rings. The van der Waals surface area contributed by atoms with Gasteiger partial charge in [0.25, 0.3) is 11.8 Å². The number of rotatable bonds is 9.